The predicted octanol–water partition coefficient (Wildman–Crippen LogP) is 4.54. The van der Waals surface area contributed by atoms with Crippen LogP contribution >= 0.6 is 34.3 Å². The minimum Gasteiger partial charge on any atom is -0.451 e. The van der Waals surface area contributed by atoms with Crippen LogP contribution in [0.3, 0.4) is 0 Å². The molecule has 0 radical (unpaired) electrons. The Hall–Kier alpha value is -2.82. The van der Waals surface area contributed by atoms with E-state index in [0.29, 0.717) is 15.6 Å². The molecule has 1 aromatic carbocycles. The highest BCUT2D eigenvalue weighted by Crippen LogP contribution is 2.30. The second kappa shape index (κ2) is 8.46. The molecule has 2 aromatic heterocycles. The van der Waals surface area contributed by atoms with Gasteiger partial charge in [0.15, 0.2) is 6.61 Å². The van der Waals surface area contributed by atoms with Gasteiger partial charge in [0.2, 0.25) is 0 Å². The largest absolute Gasteiger partial charge is 0.451 e. The number of carbonyl (C=O) groups excluding carboxylic acids is 2. The minimum atomic E-state index is -0.709. The molecule has 0 aliphatic rings. The van der Waals surface area contributed by atoms with Crippen LogP contribution in [-0.4, -0.2) is 28.4 Å². The van der Waals surface area contributed by atoms with E-state index in [-0.39, 0.29) is 16.4 Å². The van der Waals surface area contributed by atoms with Crippen LogP contribution in [0.1, 0.15) is 15.4 Å². The normalized spacial score (nSPS) is 10.5. The van der Waals surface area contributed by atoms with Crippen molar-refractivity contribution in [3.63, 3.8) is 0 Å². The molecule has 8 nitrogen and oxygen atoms in total. The summed E-state index contributed by atoms with van der Waals surface area (Å²) in [5.74, 6) is -1.39. The Morgan fingerprint density at radius 3 is 2.82 bits per heavy atom. The maximum atomic E-state index is 12.3. The minimum absolute atomic E-state index is 0.0378. The molecule has 3 rings (SSSR count). The number of hydrogen-bond donors (Lipinski definition) is 1. The van der Waals surface area contributed by atoms with Crippen molar-refractivity contribution in [2.75, 3.05) is 11.9 Å². The first-order chi connectivity index (χ1) is 13.3. The summed E-state index contributed by atoms with van der Waals surface area (Å²) >= 11 is 8.42. The molecular formula is C17H12ClN3O5S2. The number of carbonyl (C=O) groups is 2. The molecule has 144 valence electrons. The van der Waals surface area contributed by atoms with Gasteiger partial charge < -0.3 is 10.1 Å². The third kappa shape index (κ3) is 4.53. The summed E-state index contributed by atoms with van der Waals surface area (Å²) in [6.45, 7) is 1.09. The summed E-state index contributed by atoms with van der Waals surface area (Å²) in [6, 6.07) is 5.73. The predicted molar refractivity (Wildman–Crippen MR) is 107 cm³/mol. The van der Waals surface area contributed by atoms with Gasteiger partial charge in [0, 0.05) is 22.0 Å². The van der Waals surface area contributed by atoms with Gasteiger partial charge in [-0.1, -0.05) is 11.6 Å². The third-order valence-corrected chi connectivity index (χ3v) is 5.62. The van der Waals surface area contributed by atoms with Crippen molar-refractivity contribution in [1.29, 1.82) is 0 Å². The van der Waals surface area contributed by atoms with Crippen LogP contribution in [0.25, 0.3) is 10.6 Å². The van der Waals surface area contributed by atoms with Crippen molar-refractivity contribution in [3.05, 3.63) is 60.7 Å². The monoisotopic (exact) mass is 437 g/mol. The Labute approximate surface area is 171 Å². The van der Waals surface area contributed by atoms with Crippen LogP contribution < -0.4 is 5.32 Å². The van der Waals surface area contributed by atoms with Gasteiger partial charge in [-0.25, -0.2) is 9.78 Å². The molecule has 2 heterocycles. The average molecular weight is 438 g/mol. The molecule has 0 aliphatic carbocycles. The molecule has 1 N–H and O–H groups in total. The maximum absolute atomic E-state index is 12.3. The van der Waals surface area contributed by atoms with E-state index in [1.54, 1.807) is 6.92 Å². The highest BCUT2D eigenvalue weighted by molar-refractivity contribution is 7.17. The molecule has 0 aliphatic heterocycles. The van der Waals surface area contributed by atoms with Gasteiger partial charge in [0.25, 0.3) is 11.6 Å². The zero-order chi connectivity index (χ0) is 20.3. The number of rotatable bonds is 6. The molecule has 0 unspecified atom stereocenters. The number of ether oxygens (including phenoxy) is 1. The van der Waals surface area contributed by atoms with Crippen molar-refractivity contribution in [3.8, 4) is 10.6 Å². The molecule has 11 heteroatoms. The molecule has 3 aromatic rings. The number of nitrogens with zero attached hydrogens (tertiary/aromatic N) is 2. The van der Waals surface area contributed by atoms with Crippen molar-refractivity contribution in [2.45, 2.75) is 6.92 Å². The topological polar surface area (TPSA) is 111 Å². The Morgan fingerprint density at radius 1 is 1.36 bits per heavy atom. The Kier molecular flexibility index (Phi) is 6.02. The van der Waals surface area contributed by atoms with Gasteiger partial charge in [-0.05, 0) is 30.5 Å². The number of anilines is 1. The third-order valence-electron chi connectivity index (χ3n) is 3.52. The summed E-state index contributed by atoms with van der Waals surface area (Å²) in [5, 5.41) is 18.1. The summed E-state index contributed by atoms with van der Waals surface area (Å²) < 4.78 is 5.02. The van der Waals surface area contributed by atoms with E-state index in [4.69, 9.17) is 16.3 Å². The number of esters is 1. The van der Waals surface area contributed by atoms with Gasteiger partial charge in [0.1, 0.15) is 15.6 Å². The lowest BCUT2D eigenvalue weighted by Gasteiger charge is -2.07. The van der Waals surface area contributed by atoms with E-state index in [2.05, 4.69) is 10.3 Å². The fourth-order valence-electron chi connectivity index (χ4n) is 2.24. The van der Waals surface area contributed by atoms with Crippen molar-refractivity contribution < 1.29 is 19.2 Å². The van der Waals surface area contributed by atoms with Gasteiger partial charge >= 0.3 is 5.97 Å². The van der Waals surface area contributed by atoms with Gasteiger partial charge in [-0.15, -0.1) is 11.3 Å². The zero-order valence-corrected chi connectivity index (χ0v) is 16.7. The maximum Gasteiger partial charge on any atom is 0.350 e. The van der Waals surface area contributed by atoms with E-state index in [9.17, 15) is 19.7 Å². The van der Waals surface area contributed by atoms with Gasteiger partial charge in [-0.3, -0.25) is 14.9 Å². The molecular weight excluding hydrogens is 426 g/mol. The first-order valence-corrected chi connectivity index (χ1v) is 9.90. The molecule has 0 atom stereocenters. The van der Waals surface area contributed by atoms with Gasteiger partial charge in [0.05, 0.1) is 10.6 Å². The molecule has 0 bridgehead atoms. The highest BCUT2D eigenvalue weighted by Gasteiger charge is 2.20. The number of nitro benzene ring substituents is 1. The Balaban J connectivity index is 1.64. The zero-order valence-electron chi connectivity index (χ0n) is 14.3. The molecule has 0 fully saturated rings. The summed E-state index contributed by atoms with van der Waals surface area (Å²) in [6.07, 6.45) is 0. The lowest BCUT2D eigenvalue weighted by Crippen LogP contribution is -2.21. The quantitative estimate of drug-likeness (QED) is 0.344. The van der Waals surface area contributed by atoms with E-state index >= 15 is 0 Å². The first-order valence-electron chi connectivity index (χ1n) is 7.76. The fourth-order valence-corrected chi connectivity index (χ4v) is 4.08. The lowest BCUT2D eigenvalue weighted by atomic mass is 10.2. The van der Waals surface area contributed by atoms with Crippen LogP contribution in [0.4, 0.5) is 11.4 Å². The smallest absolute Gasteiger partial charge is 0.350 e. The number of amides is 1. The lowest BCUT2D eigenvalue weighted by molar-refractivity contribution is -0.383. The molecule has 0 spiro atoms. The summed E-state index contributed by atoms with van der Waals surface area (Å²) in [5.41, 5.74) is 1.02. The molecule has 0 saturated heterocycles. The number of benzene rings is 1. The standard InChI is InChI=1S/C17H12ClN3O5S2/c1-9-15(28-16(19-9)10-4-5-27-8-10)17(23)26-7-14(22)20-12-3-2-11(18)6-13(12)21(24)25/h2-6,8H,7H2,1H3,(H,20,22). The number of aromatic nitrogens is 1. The number of nitro groups is 1. The second-order valence-electron chi connectivity index (χ2n) is 5.49. The van der Waals surface area contributed by atoms with Crippen LogP contribution in [0, 0.1) is 17.0 Å². The Bertz CT molecular complexity index is 1050. The first kappa shape index (κ1) is 19.9. The highest BCUT2D eigenvalue weighted by atomic mass is 35.5. The summed E-state index contributed by atoms with van der Waals surface area (Å²) in [4.78, 5) is 39.3. The van der Waals surface area contributed by atoms with Crippen molar-refractivity contribution in [1.82, 2.24) is 4.98 Å². The van der Waals surface area contributed by atoms with Crippen molar-refractivity contribution >= 4 is 57.5 Å². The molecule has 28 heavy (non-hydrogen) atoms. The molecule has 0 saturated carbocycles. The second-order valence-corrected chi connectivity index (χ2v) is 7.70. The summed E-state index contributed by atoms with van der Waals surface area (Å²) in [7, 11) is 0. The number of aryl methyl sites for hydroxylation is 1. The average Bonchev–Trinajstić information content (AvgIpc) is 3.30. The Morgan fingerprint density at radius 2 is 2.14 bits per heavy atom. The van der Waals surface area contributed by atoms with E-state index in [1.165, 1.54) is 34.8 Å². The number of thiazole rings is 1. The van der Waals surface area contributed by atoms with E-state index in [0.717, 1.165) is 11.6 Å². The van der Waals surface area contributed by atoms with Crippen molar-refractivity contribution in [2.24, 2.45) is 0 Å². The van der Waals surface area contributed by atoms with E-state index in [1.807, 2.05) is 16.8 Å². The van der Waals surface area contributed by atoms with E-state index < -0.39 is 23.4 Å². The number of hydrogen-bond acceptors (Lipinski definition) is 8. The van der Waals surface area contributed by atoms with Crippen LogP contribution in [0.5, 0.6) is 0 Å². The van der Waals surface area contributed by atoms with Gasteiger partial charge in [-0.2, -0.15) is 11.3 Å². The SMILES string of the molecule is Cc1nc(-c2ccsc2)sc1C(=O)OCC(=O)Nc1ccc(Cl)cc1[N+](=O)[O-]. The number of thiophene rings is 1. The number of halogens is 1. The van der Waals surface area contributed by atoms with Crippen LogP contribution in [0.2, 0.25) is 5.02 Å². The fraction of sp³-hybridized carbons (Fsp3) is 0.118. The molecule has 1 amide bonds. The number of nitrogens with one attached hydrogen (secondary N) is 1. The van der Waals surface area contributed by atoms with Crippen LogP contribution in [0.15, 0.2) is 35.0 Å². The van der Waals surface area contributed by atoms with Crippen LogP contribution in [-0.2, 0) is 9.53 Å².